The van der Waals surface area contributed by atoms with Crippen molar-refractivity contribution in [1.29, 1.82) is 0 Å². The number of amides is 1. The third kappa shape index (κ3) is 3.28. The molecule has 6 nitrogen and oxygen atoms in total. The van der Waals surface area contributed by atoms with Crippen molar-refractivity contribution in [2.45, 2.75) is 51.4 Å². The fraction of sp³-hybridized carbons (Fsp3) is 0.500. The summed E-state index contributed by atoms with van der Waals surface area (Å²) in [5, 5.41) is 11.6. The van der Waals surface area contributed by atoms with Crippen LogP contribution in [0.4, 0.5) is 4.39 Å². The summed E-state index contributed by atoms with van der Waals surface area (Å²) in [7, 11) is 0. The summed E-state index contributed by atoms with van der Waals surface area (Å²) in [4.78, 5) is 15.0. The molecule has 1 aromatic carbocycles. The number of halogens is 1. The predicted molar refractivity (Wildman–Crippen MR) is 90.1 cm³/mol. The number of rotatable bonds is 5. The van der Waals surface area contributed by atoms with E-state index in [4.69, 9.17) is 0 Å². The minimum Gasteiger partial charge on any atom is -0.352 e. The number of carbonyl (C=O) groups is 1. The van der Waals surface area contributed by atoms with E-state index in [9.17, 15) is 9.18 Å². The maximum atomic E-state index is 13.3. The highest BCUT2D eigenvalue weighted by molar-refractivity contribution is 5.83. The molecule has 0 bridgehead atoms. The molecule has 2 aromatic rings. The smallest absolute Gasteiger partial charge is 0.242 e. The van der Waals surface area contributed by atoms with Gasteiger partial charge >= 0.3 is 0 Å². The van der Waals surface area contributed by atoms with Crippen molar-refractivity contribution in [3.05, 3.63) is 47.3 Å². The van der Waals surface area contributed by atoms with E-state index in [-0.39, 0.29) is 17.8 Å². The number of fused-ring (bicyclic) bond motifs is 1. The van der Waals surface area contributed by atoms with Gasteiger partial charge in [0.25, 0.3) is 0 Å². The molecule has 0 unspecified atom stereocenters. The zero-order valence-electron chi connectivity index (χ0n) is 14.3. The van der Waals surface area contributed by atoms with Crippen LogP contribution < -0.4 is 5.32 Å². The molecule has 1 saturated carbocycles. The molecule has 1 aliphatic heterocycles. The summed E-state index contributed by atoms with van der Waals surface area (Å²) in [5.41, 5.74) is 0.809. The second-order valence-electron chi connectivity index (χ2n) is 6.75. The van der Waals surface area contributed by atoms with E-state index < -0.39 is 6.04 Å². The first kappa shape index (κ1) is 16.2. The number of aromatic nitrogens is 3. The molecule has 1 atom stereocenters. The second-order valence-corrected chi connectivity index (χ2v) is 6.75. The van der Waals surface area contributed by atoms with Gasteiger partial charge in [-0.3, -0.25) is 9.69 Å². The summed E-state index contributed by atoms with van der Waals surface area (Å²) in [5.74, 6) is 1.55. The quantitative estimate of drug-likeness (QED) is 0.899. The van der Waals surface area contributed by atoms with Crippen LogP contribution in [-0.4, -0.2) is 38.2 Å². The summed E-state index contributed by atoms with van der Waals surface area (Å²) >= 11 is 0. The van der Waals surface area contributed by atoms with E-state index in [2.05, 4.69) is 31.9 Å². The molecule has 132 valence electrons. The molecule has 1 N–H and O–H groups in total. The maximum absolute atomic E-state index is 13.3. The van der Waals surface area contributed by atoms with E-state index in [0.717, 1.165) is 49.6 Å². The molecule has 0 radical (unpaired) electrons. The molecular formula is C18H22FN5O. The Morgan fingerprint density at radius 3 is 2.72 bits per heavy atom. The number of carbonyl (C=O) groups excluding carboxylic acids is 1. The molecule has 0 spiro atoms. The average Bonchev–Trinajstić information content (AvgIpc) is 3.33. The van der Waals surface area contributed by atoms with Crippen LogP contribution in [0.5, 0.6) is 0 Å². The average molecular weight is 343 g/mol. The summed E-state index contributed by atoms with van der Waals surface area (Å²) < 4.78 is 15.5. The van der Waals surface area contributed by atoms with Crippen LogP contribution in [0.25, 0.3) is 0 Å². The van der Waals surface area contributed by atoms with Crippen LogP contribution in [0.1, 0.15) is 43.0 Å². The SMILES string of the molecule is CCc1nnc2n1CCN([C@@H](C(=O)NC1CC1)c1ccc(F)cc1)C2. The Morgan fingerprint density at radius 2 is 2.04 bits per heavy atom. The van der Waals surface area contributed by atoms with E-state index >= 15 is 0 Å². The third-order valence-corrected chi connectivity index (χ3v) is 4.90. The first-order chi connectivity index (χ1) is 12.2. The number of benzene rings is 1. The zero-order chi connectivity index (χ0) is 17.4. The first-order valence-corrected chi connectivity index (χ1v) is 8.86. The summed E-state index contributed by atoms with van der Waals surface area (Å²) in [6.07, 6.45) is 2.92. The van der Waals surface area contributed by atoms with Gasteiger partial charge in [0.1, 0.15) is 23.5 Å². The van der Waals surface area contributed by atoms with E-state index in [1.807, 2.05) is 0 Å². The lowest BCUT2D eigenvalue weighted by Crippen LogP contribution is -2.44. The van der Waals surface area contributed by atoms with Gasteiger partial charge < -0.3 is 9.88 Å². The Hall–Kier alpha value is -2.28. The number of aryl methyl sites for hydroxylation is 1. The zero-order valence-corrected chi connectivity index (χ0v) is 14.3. The molecule has 1 fully saturated rings. The minimum absolute atomic E-state index is 0.0159. The van der Waals surface area contributed by atoms with Crippen LogP contribution >= 0.6 is 0 Å². The first-order valence-electron chi connectivity index (χ1n) is 8.86. The second kappa shape index (κ2) is 6.55. The highest BCUT2D eigenvalue weighted by Crippen LogP contribution is 2.28. The van der Waals surface area contributed by atoms with Gasteiger partial charge in [0.15, 0.2) is 0 Å². The fourth-order valence-electron chi connectivity index (χ4n) is 3.40. The molecule has 1 aliphatic carbocycles. The third-order valence-electron chi connectivity index (χ3n) is 4.90. The van der Waals surface area contributed by atoms with Gasteiger partial charge in [-0.2, -0.15) is 0 Å². The van der Waals surface area contributed by atoms with Gasteiger partial charge in [-0.25, -0.2) is 4.39 Å². The van der Waals surface area contributed by atoms with Gasteiger partial charge in [-0.05, 0) is 30.5 Å². The Morgan fingerprint density at radius 1 is 1.28 bits per heavy atom. The lowest BCUT2D eigenvalue weighted by molar-refractivity contribution is -0.127. The number of hydrogen-bond donors (Lipinski definition) is 1. The lowest BCUT2D eigenvalue weighted by atomic mass is 10.0. The Labute approximate surface area is 146 Å². The highest BCUT2D eigenvalue weighted by atomic mass is 19.1. The van der Waals surface area contributed by atoms with Gasteiger partial charge in [-0.15, -0.1) is 10.2 Å². The van der Waals surface area contributed by atoms with Crippen LogP contribution in [0.3, 0.4) is 0 Å². The predicted octanol–water partition coefficient (Wildman–Crippen LogP) is 1.82. The highest BCUT2D eigenvalue weighted by Gasteiger charge is 2.34. The topological polar surface area (TPSA) is 63.1 Å². The monoisotopic (exact) mass is 343 g/mol. The summed E-state index contributed by atoms with van der Waals surface area (Å²) in [6.45, 7) is 4.12. The van der Waals surface area contributed by atoms with Crippen molar-refractivity contribution in [3.63, 3.8) is 0 Å². The Bertz CT molecular complexity index is 768. The van der Waals surface area contributed by atoms with Gasteiger partial charge in [0.2, 0.25) is 5.91 Å². The van der Waals surface area contributed by atoms with E-state index in [0.29, 0.717) is 6.54 Å². The number of nitrogens with zero attached hydrogens (tertiary/aromatic N) is 4. The largest absolute Gasteiger partial charge is 0.352 e. The minimum atomic E-state index is -0.434. The maximum Gasteiger partial charge on any atom is 0.242 e. The van der Waals surface area contributed by atoms with Crippen molar-refractivity contribution < 1.29 is 9.18 Å². The van der Waals surface area contributed by atoms with Crippen molar-refractivity contribution >= 4 is 5.91 Å². The van der Waals surface area contributed by atoms with Crippen LogP contribution in [0.2, 0.25) is 0 Å². The lowest BCUT2D eigenvalue weighted by Gasteiger charge is -2.34. The molecule has 0 saturated heterocycles. The fourth-order valence-corrected chi connectivity index (χ4v) is 3.40. The number of nitrogens with one attached hydrogen (secondary N) is 1. The van der Waals surface area contributed by atoms with Gasteiger partial charge in [-0.1, -0.05) is 19.1 Å². The van der Waals surface area contributed by atoms with Gasteiger partial charge in [0, 0.05) is 25.6 Å². The molecule has 2 heterocycles. The van der Waals surface area contributed by atoms with Crippen molar-refractivity contribution in [2.24, 2.45) is 0 Å². The van der Waals surface area contributed by atoms with Crippen molar-refractivity contribution in [1.82, 2.24) is 25.0 Å². The van der Waals surface area contributed by atoms with Crippen LogP contribution in [0.15, 0.2) is 24.3 Å². The molecule has 1 aromatic heterocycles. The summed E-state index contributed by atoms with van der Waals surface area (Å²) in [6, 6.07) is 6.07. The van der Waals surface area contributed by atoms with Crippen LogP contribution in [-0.2, 0) is 24.3 Å². The van der Waals surface area contributed by atoms with Crippen LogP contribution in [0, 0.1) is 5.82 Å². The number of hydrogen-bond acceptors (Lipinski definition) is 4. The molecule has 4 rings (SSSR count). The Balaban J connectivity index is 1.61. The van der Waals surface area contributed by atoms with E-state index in [1.54, 1.807) is 12.1 Å². The standard InChI is InChI=1S/C18H22FN5O/c1-2-15-21-22-16-11-23(9-10-24(15)16)17(18(25)20-14-7-8-14)12-3-5-13(19)6-4-12/h3-6,14,17H,2,7-11H2,1H3,(H,20,25)/t17-/m1/s1. The van der Waals surface area contributed by atoms with Gasteiger partial charge in [0.05, 0.1) is 6.54 Å². The molecule has 1 amide bonds. The van der Waals surface area contributed by atoms with E-state index in [1.165, 1.54) is 12.1 Å². The molecule has 7 heteroatoms. The molecule has 2 aliphatic rings. The van der Waals surface area contributed by atoms with Crippen molar-refractivity contribution in [2.75, 3.05) is 6.54 Å². The van der Waals surface area contributed by atoms with Crippen molar-refractivity contribution in [3.8, 4) is 0 Å². The Kier molecular flexibility index (Phi) is 4.25. The normalized spacial score (nSPS) is 18.6. The molecule has 25 heavy (non-hydrogen) atoms. The molecular weight excluding hydrogens is 321 g/mol.